The monoisotopic (exact) mass is 301 g/mol. The summed E-state index contributed by atoms with van der Waals surface area (Å²) in [5, 5.41) is 29.9. The predicted octanol–water partition coefficient (Wildman–Crippen LogP) is -1.91. The molecule has 1 fully saturated rings. The van der Waals surface area contributed by atoms with Gasteiger partial charge in [-0.05, 0) is 19.7 Å². The molecule has 0 aliphatic carbocycles. The third-order valence-electron chi connectivity index (χ3n) is 3.97. The van der Waals surface area contributed by atoms with E-state index in [9.17, 15) is 14.7 Å². The number of nitrogens with one attached hydrogen (secondary N) is 1. The molecule has 1 rings (SSSR count). The Balaban J connectivity index is 2.76. The van der Waals surface area contributed by atoms with Gasteiger partial charge in [-0.15, -0.1) is 0 Å². The van der Waals surface area contributed by atoms with Gasteiger partial charge in [0, 0.05) is 25.6 Å². The summed E-state index contributed by atoms with van der Waals surface area (Å²) < 4.78 is 0. The van der Waals surface area contributed by atoms with E-state index < -0.39 is 25.2 Å². The number of carboxylic acid groups (broad SMARTS) is 1. The molecular formula is C12H24BN3O5. The molecule has 0 bridgehead atoms. The van der Waals surface area contributed by atoms with Crippen LogP contribution in [-0.2, 0) is 9.59 Å². The Labute approximate surface area is 124 Å². The molecule has 0 radical (unpaired) electrons. The highest BCUT2D eigenvalue weighted by atomic mass is 16.4. The van der Waals surface area contributed by atoms with Crippen LogP contribution in [0.1, 0.15) is 19.8 Å². The van der Waals surface area contributed by atoms with Gasteiger partial charge in [-0.3, -0.25) is 9.59 Å². The summed E-state index contributed by atoms with van der Waals surface area (Å²) in [6.07, 6.45) is 1.15. The molecule has 1 amide bonds. The van der Waals surface area contributed by atoms with Gasteiger partial charge < -0.3 is 31.1 Å². The van der Waals surface area contributed by atoms with Gasteiger partial charge in [0.05, 0.1) is 6.04 Å². The number of rotatable bonds is 7. The van der Waals surface area contributed by atoms with Crippen LogP contribution in [0.2, 0.25) is 6.32 Å². The molecule has 9 heteroatoms. The lowest BCUT2D eigenvalue weighted by atomic mass is 9.80. The van der Waals surface area contributed by atoms with E-state index in [0.717, 1.165) is 0 Å². The average molecular weight is 301 g/mol. The van der Waals surface area contributed by atoms with E-state index in [-0.39, 0.29) is 24.2 Å². The van der Waals surface area contributed by atoms with Gasteiger partial charge in [-0.2, -0.15) is 0 Å². The van der Waals surface area contributed by atoms with E-state index in [1.165, 1.54) is 4.90 Å². The minimum absolute atomic E-state index is 0.181. The van der Waals surface area contributed by atoms with Crippen molar-refractivity contribution in [2.24, 2.45) is 11.7 Å². The molecule has 1 heterocycles. The number of aliphatic carboxylic acids is 1. The zero-order chi connectivity index (χ0) is 16.2. The minimum Gasteiger partial charge on any atom is -0.480 e. The molecule has 0 saturated carbocycles. The molecule has 8 nitrogen and oxygen atoms in total. The van der Waals surface area contributed by atoms with Gasteiger partial charge in [-0.1, -0.05) is 6.42 Å². The third-order valence-corrected chi connectivity index (χ3v) is 3.97. The van der Waals surface area contributed by atoms with Crippen LogP contribution in [0.3, 0.4) is 0 Å². The molecule has 1 aliphatic heterocycles. The van der Waals surface area contributed by atoms with Crippen LogP contribution in [-0.4, -0.2) is 70.8 Å². The highest BCUT2D eigenvalue weighted by Crippen LogP contribution is 2.26. The number of likely N-dealkylation sites (N-methyl/N-ethyl adjacent to an activating group) is 1. The normalized spacial score (nSPS) is 26.4. The second-order valence-corrected chi connectivity index (χ2v) is 5.60. The maximum absolute atomic E-state index is 12.0. The molecule has 21 heavy (non-hydrogen) atoms. The summed E-state index contributed by atoms with van der Waals surface area (Å²) in [5.41, 5.74) is 5.59. The van der Waals surface area contributed by atoms with E-state index in [2.05, 4.69) is 5.32 Å². The summed E-state index contributed by atoms with van der Waals surface area (Å²) >= 11 is 0. The van der Waals surface area contributed by atoms with Crippen LogP contribution >= 0.6 is 0 Å². The van der Waals surface area contributed by atoms with Gasteiger partial charge in [0.1, 0.15) is 6.04 Å². The lowest BCUT2D eigenvalue weighted by Crippen LogP contribution is -2.49. The first-order valence-electron chi connectivity index (χ1n) is 7.10. The van der Waals surface area contributed by atoms with E-state index in [1.54, 1.807) is 14.0 Å². The van der Waals surface area contributed by atoms with E-state index >= 15 is 0 Å². The van der Waals surface area contributed by atoms with Crippen molar-refractivity contribution in [3.05, 3.63) is 0 Å². The fourth-order valence-electron chi connectivity index (χ4n) is 2.85. The van der Waals surface area contributed by atoms with Gasteiger partial charge in [-0.25, -0.2) is 0 Å². The molecule has 1 aliphatic rings. The molecule has 6 N–H and O–H groups in total. The molecule has 0 spiro atoms. The van der Waals surface area contributed by atoms with Crippen LogP contribution in [0, 0.1) is 5.92 Å². The Bertz CT molecular complexity index is 380. The zero-order valence-corrected chi connectivity index (χ0v) is 12.4. The van der Waals surface area contributed by atoms with Crippen molar-refractivity contribution in [1.82, 2.24) is 10.2 Å². The molecular weight excluding hydrogens is 277 g/mol. The van der Waals surface area contributed by atoms with E-state index in [4.69, 9.17) is 15.8 Å². The van der Waals surface area contributed by atoms with E-state index in [0.29, 0.717) is 19.4 Å². The maximum atomic E-state index is 12.0. The Morgan fingerprint density at radius 1 is 1.48 bits per heavy atom. The summed E-state index contributed by atoms with van der Waals surface area (Å²) in [6, 6.07) is -1.65. The SMILES string of the molecule is CC(N)C(=O)N(C)C1CNC(C(=O)O)C1CCCB(O)O. The average Bonchev–Trinajstić information content (AvgIpc) is 2.80. The first-order chi connectivity index (χ1) is 9.75. The number of nitrogens with zero attached hydrogens (tertiary/aromatic N) is 1. The minimum atomic E-state index is -1.40. The Morgan fingerprint density at radius 2 is 2.10 bits per heavy atom. The van der Waals surface area contributed by atoms with Crippen LogP contribution in [0.15, 0.2) is 0 Å². The molecule has 4 unspecified atom stereocenters. The van der Waals surface area contributed by atoms with Crippen LogP contribution in [0.4, 0.5) is 0 Å². The van der Waals surface area contributed by atoms with Crippen LogP contribution < -0.4 is 11.1 Å². The topological polar surface area (TPSA) is 136 Å². The first-order valence-corrected chi connectivity index (χ1v) is 7.10. The lowest BCUT2D eigenvalue weighted by molar-refractivity contribution is -0.141. The van der Waals surface area contributed by atoms with Crippen molar-refractivity contribution in [2.45, 2.75) is 44.2 Å². The van der Waals surface area contributed by atoms with Crippen LogP contribution in [0.25, 0.3) is 0 Å². The molecule has 0 aromatic heterocycles. The molecule has 4 atom stereocenters. The molecule has 120 valence electrons. The summed E-state index contributed by atoms with van der Waals surface area (Å²) in [4.78, 5) is 24.8. The van der Waals surface area contributed by atoms with Crippen molar-refractivity contribution >= 4 is 19.0 Å². The summed E-state index contributed by atoms with van der Waals surface area (Å²) in [7, 11) is 0.223. The van der Waals surface area contributed by atoms with Crippen molar-refractivity contribution in [3.8, 4) is 0 Å². The Morgan fingerprint density at radius 3 is 2.57 bits per heavy atom. The highest BCUT2D eigenvalue weighted by molar-refractivity contribution is 6.40. The van der Waals surface area contributed by atoms with Crippen molar-refractivity contribution in [3.63, 3.8) is 0 Å². The zero-order valence-electron chi connectivity index (χ0n) is 12.4. The smallest absolute Gasteiger partial charge is 0.451 e. The van der Waals surface area contributed by atoms with Gasteiger partial charge in [0.2, 0.25) is 5.91 Å². The number of carbonyl (C=O) groups is 2. The highest BCUT2D eigenvalue weighted by Gasteiger charge is 2.43. The summed E-state index contributed by atoms with van der Waals surface area (Å²) in [5.74, 6) is -1.48. The molecule has 0 aromatic rings. The number of nitrogens with two attached hydrogens (primary N) is 1. The van der Waals surface area contributed by atoms with Crippen LogP contribution in [0.5, 0.6) is 0 Å². The fourth-order valence-corrected chi connectivity index (χ4v) is 2.85. The first kappa shape index (κ1) is 17.9. The number of hydrogen-bond donors (Lipinski definition) is 5. The standard InChI is InChI=1S/C12H24BN3O5/c1-7(14)11(17)16(2)9-6-15-10(12(18)19)8(9)4-3-5-13(20)21/h7-10,15,20-21H,3-6,14H2,1-2H3,(H,18,19). The molecule has 1 saturated heterocycles. The lowest BCUT2D eigenvalue weighted by Gasteiger charge is -2.31. The molecule has 0 aromatic carbocycles. The van der Waals surface area contributed by atoms with Gasteiger partial charge in [0.25, 0.3) is 0 Å². The van der Waals surface area contributed by atoms with Crippen molar-refractivity contribution in [1.29, 1.82) is 0 Å². The van der Waals surface area contributed by atoms with Crippen molar-refractivity contribution < 1.29 is 24.7 Å². The predicted molar refractivity (Wildman–Crippen MR) is 77.4 cm³/mol. The second kappa shape index (κ2) is 7.74. The number of carbonyl (C=O) groups excluding carboxylic acids is 1. The number of hydrogen-bond acceptors (Lipinski definition) is 6. The largest absolute Gasteiger partial charge is 0.480 e. The van der Waals surface area contributed by atoms with Gasteiger partial charge in [0.15, 0.2) is 0 Å². The van der Waals surface area contributed by atoms with Crippen molar-refractivity contribution in [2.75, 3.05) is 13.6 Å². The summed E-state index contributed by atoms with van der Waals surface area (Å²) in [6.45, 7) is 1.98. The number of amides is 1. The maximum Gasteiger partial charge on any atom is 0.451 e. The fraction of sp³-hybridized carbons (Fsp3) is 0.833. The third kappa shape index (κ3) is 4.67. The second-order valence-electron chi connectivity index (χ2n) is 5.60. The number of carboxylic acids is 1. The quantitative estimate of drug-likeness (QED) is 0.346. The Kier molecular flexibility index (Phi) is 6.60. The Hall–Kier alpha value is -1.16. The van der Waals surface area contributed by atoms with Gasteiger partial charge >= 0.3 is 13.1 Å². The van der Waals surface area contributed by atoms with E-state index in [1.807, 2.05) is 0 Å².